The van der Waals surface area contributed by atoms with E-state index in [9.17, 15) is 9.59 Å². The molecule has 0 aliphatic heterocycles. The first kappa shape index (κ1) is 14.4. The molecule has 0 heterocycles. The van der Waals surface area contributed by atoms with Crippen LogP contribution in [0.5, 0.6) is 0 Å². The highest BCUT2D eigenvalue weighted by Gasteiger charge is 2.49. The molecule has 0 spiro atoms. The summed E-state index contributed by atoms with van der Waals surface area (Å²) in [6.07, 6.45) is 3.93. The summed E-state index contributed by atoms with van der Waals surface area (Å²) in [5, 5.41) is 12.0. The zero-order valence-electron chi connectivity index (χ0n) is 12.1. The lowest BCUT2D eigenvalue weighted by Crippen LogP contribution is -2.46. The molecule has 2 aliphatic carbocycles. The molecule has 2 fully saturated rings. The van der Waals surface area contributed by atoms with Gasteiger partial charge in [0.15, 0.2) is 0 Å². The Morgan fingerprint density at radius 3 is 2.37 bits per heavy atom. The van der Waals surface area contributed by atoms with Crippen LogP contribution in [0.3, 0.4) is 0 Å². The molecule has 0 radical (unpaired) electrons. The molecule has 1 amide bonds. The first-order valence-corrected chi connectivity index (χ1v) is 7.43. The lowest BCUT2D eigenvalue weighted by atomic mass is 9.74. The van der Waals surface area contributed by atoms with Gasteiger partial charge >= 0.3 is 5.97 Å². The van der Waals surface area contributed by atoms with E-state index >= 15 is 0 Å². The van der Waals surface area contributed by atoms with Gasteiger partial charge < -0.3 is 10.4 Å². The first-order valence-electron chi connectivity index (χ1n) is 7.43. The van der Waals surface area contributed by atoms with Crippen LogP contribution < -0.4 is 5.32 Å². The third kappa shape index (κ3) is 3.28. The van der Waals surface area contributed by atoms with Gasteiger partial charge in [0, 0.05) is 6.04 Å². The summed E-state index contributed by atoms with van der Waals surface area (Å²) in [5.41, 5.74) is 0. The normalized spacial score (nSPS) is 38.0. The van der Waals surface area contributed by atoms with Gasteiger partial charge in [0.1, 0.15) is 0 Å². The first-order chi connectivity index (χ1) is 8.90. The van der Waals surface area contributed by atoms with E-state index in [-0.39, 0.29) is 17.9 Å². The predicted molar refractivity (Wildman–Crippen MR) is 72.5 cm³/mol. The molecule has 19 heavy (non-hydrogen) atoms. The Morgan fingerprint density at radius 2 is 1.84 bits per heavy atom. The Labute approximate surface area is 115 Å². The Kier molecular flexibility index (Phi) is 4.16. The number of aliphatic carboxylic acids is 1. The number of carbonyl (C=O) groups excluding carboxylic acids is 1. The number of carbonyl (C=O) groups is 2. The summed E-state index contributed by atoms with van der Waals surface area (Å²) >= 11 is 0. The molecule has 5 atom stereocenters. The number of hydrogen-bond donors (Lipinski definition) is 2. The zero-order valence-corrected chi connectivity index (χ0v) is 12.1. The third-order valence-corrected chi connectivity index (χ3v) is 4.79. The second-order valence-electron chi connectivity index (χ2n) is 6.73. The Hall–Kier alpha value is -1.06. The van der Waals surface area contributed by atoms with Crippen molar-refractivity contribution in [1.29, 1.82) is 0 Å². The van der Waals surface area contributed by atoms with Gasteiger partial charge in [-0.15, -0.1) is 0 Å². The summed E-state index contributed by atoms with van der Waals surface area (Å²) in [6, 6.07) is 0.228. The molecule has 0 aromatic heterocycles. The molecule has 0 aromatic carbocycles. The molecular weight excluding hydrogens is 242 g/mol. The van der Waals surface area contributed by atoms with E-state index in [0.29, 0.717) is 24.2 Å². The Bertz CT molecular complexity index is 366. The van der Waals surface area contributed by atoms with Gasteiger partial charge in [0.05, 0.1) is 11.8 Å². The Balaban J connectivity index is 1.92. The molecular formula is C15H25NO3. The van der Waals surface area contributed by atoms with Crippen molar-refractivity contribution in [2.24, 2.45) is 29.6 Å². The molecule has 2 rings (SSSR count). The van der Waals surface area contributed by atoms with Gasteiger partial charge in [-0.25, -0.2) is 0 Å². The molecule has 3 unspecified atom stereocenters. The summed E-state index contributed by atoms with van der Waals surface area (Å²) in [7, 11) is 0. The van der Waals surface area contributed by atoms with Gasteiger partial charge in [-0.3, -0.25) is 9.59 Å². The average Bonchev–Trinajstić information content (AvgIpc) is 3.08. The molecule has 2 N–H and O–H groups in total. The van der Waals surface area contributed by atoms with Crippen LogP contribution in [0.2, 0.25) is 0 Å². The molecule has 0 saturated heterocycles. The number of nitrogens with one attached hydrogen (secondary N) is 1. The highest BCUT2D eigenvalue weighted by atomic mass is 16.4. The average molecular weight is 267 g/mol. The Morgan fingerprint density at radius 1 is 1.16 bits per heavy atom. The van der Waals surface area contributed by atoms with Crippen LogP contribution in [0.1, 0.15) is 46.5 Å². The van der Waals surface area contributed by atoms with Crippen LogP contribution in [0.15, 0.2) is 0 Å². The van der Waals surface area contributed by atoms with Gasteiger partial charge in [-0.1, -0.05) is 27.2 Å². The van der Waals surface area contributed by atoms with Crippen LogP contribution in [-0.2, 0) is 9.59 Å². The molecule has 108 valence electrons. The zero-order chi connectivity index (χ0) is 14.2. The second-order valence-corrected chi connectivity index (χ2v) is 6.73. The van der Waals surface area contributed by atoms with Crippen molar-refractivity contribution >= 4 is 11.9 Å². The molecule has 4 heteroatoms. The third-order valence-electron chi connectivity index (χ3n) is 4.79. The van der Waals surface area contributed by atoms with Gasteiger partial charge in [-0.05, 0) is 37.0 Å². The van der Waals surface area contributed by atoms with E-state index in [1.54, 1.807) is 0 Å². The standard InChI is InChI=1S/C15H25NO3/c1-8(2)10-5-4-9(3)6-13(10)16-14(17)11-7-12(11)15(18)19/h8-13H,4-7H2,1-3H3,(H,16,17)(H,18,19)/t9?,10?,11-,12+,13?/m1/s1. The van der Waals surface area contributed by atoms with Crippen molar-refractivity contribution in [1.82, 2.24) is 5.32 Å². The van der Waals surface area contributed by atoms with Crippen LogP contribution in [0.25, 0.3) is 0 Å². The van der Waals surface area contributed by atoms with Crippen molar-refractivity contribution in [3.8, 4) is 0 Å². The smallest absolute Gasteiger partial charge is 0.307 e. The van der Waals surface area contributed by atoms with Crippen molar-refractivity contribution in [3.05, 3.63) is 0 Å². The SMILES string of the molecule is CC1CCC(C(C)C)C(NC(=O)[C@@H]2C[C@@H]2C(=O)O)C1. The number of amides is 1. The van der Waals surface area contributed by atoms with Crippen LogP contribution in [0.4, 0.5) is 0 Å². The highest BCUT2D eigenvalue weighted by Crippen LogP contribution is 2.40. The van der Waals surface area contributed by atoms with E-state index in [0.717, 1.165) is 12.8 Å². The fourth-order valence-electron chi connectivity index (χ4n) is 3.42. The topological polar surface area (TPSA) is 66.4 Å². The minimum atomic E-state index is -0.836. The molecule has 0 aromatic rings. The predicted octanol–water partition coefficient (Wildman–Crippen LogP) is 2.28. The quantitative estimate of drug-likeness (QED) is 0.821. The van der Waals surface area contributed by atoms with Crippen molar-refractivity contribution < 1.29 is 14.7 Å². The number of carboxylic acid groups (broad SMARTS) is 1. The lowest BCUT2D eigenvalue weighted by molar-refractivity contribution is -0.140. The number of hydrogen-bond acceptors (Lipinski definition) is 2. The summed E-state index contributed by atoms with van der Waals surface area (Å²) in [6.45, 7) is 6.64. The molecule has 4 nitrogen and oxygen atoms in total. The maximum Gasteiger partial charge on any atom is 0.307 e. The summed E-state index contributed by atoms with van der Waals surface area (Å²) in [4.78, 5) is 22.9. The number of carboxylic acids is 1. The van der Waals surface area contributed by atoms with Gasteiger partial charge in [-0.2, -0.15) is 0 Å². The fraction of sp³-hybridized carbons (Fsp3) is 0.867. The largest absolute Gasteiger partial charge is 0.481 e. The minimum Gasteiger partial charge on any atom is -0.481 e. The van der Waals surface area contributed by atoms with E-state index in [2.05, 4.69) is 26.1 Å². The second kappa shape index (κ2) is 5.51. The van der Waals surface area contributed by atoms with E-state index in [1.165, 1.54) is 6.42 Å². The van der Waals surface area contributed by atoms with Crippen molar-refractivity contribution in [2.45, 2.75) is 52.5 Å². The molecule has 2 aliphatic rings. The van der Waals surface area contributed by atoms with Crippen molar-refractivity contribution in [3.63, 3.8) is 0 Å². The van der Waals surface area contributed by atoms with Gasteiger partial charge in [0.25, 0.3) is 0 Å². The van der Waals surface area contributed by atoms with E-state index < -0.39 is 11.9 Å². The van der Waals surface area contributed by atoms with Crippen LogP contribution in [0, 0.1) is 29.6 Å². The molecule has 2 saturated carbocycles. The monoisotopic (exact) mass is 267 g/mol. The van der Waals surface area contributed by atoms with Crippen LogP contribution >= 0.6 is 0 Å². The van der Waals surface area contributed by atoms with Crippen molar-refractivity contribution in [2.75, 3.05) is 0 Å². The summed E-state index contributed by atoms with van der Waals surface area (Å²) < 4.78 is 0. The van der Waals surface area contributed by atoms with Gasteiger partial charge in [0.2, 0.25) is 5.91 Å². The van der Waals surface area contributed by atoms with E-state index in [4.69, 9.17) is 5.11 Å². The summed E-state index contributed by atoms with van der Waals surface area (Å²) in [5.74, 6) is 0.125. The van der Waals surface area contributed by atoms with Crippen LogP contribution in [-0.4, -0.2) is 23.0 Å². The van der Waals surface area contributed by atoms with E-state index in [1.807, 2.05) is 0 Å². The number of rotatable bonds is 4. The fourth-order valence-corrected chi connectivity index (χ4v) is 3.42. The highest BCUT2D eigenvalue weighted by molar-refractivity contribution is 5.89. The maximum atomic E-state index is 12.1. The minimum absolute atomic E-state index is 0.0443. The maximum absolute atomic E-state index is 12.1. The lowest BCUT2D eigenvalue weighted by Gasteiger charge is -2.37. The molecule has 0 bridgehead atoms.